The summed E-state index contributed by atoms with van der Waals surface area (Å²) in [5, 5.41) is 33.2. The molecule has 0 saturated heterocycles. The SMILES string of the molecule is NC1(C(=O)C(O)c2ccccc2)C=C([N+](=O)[O-])C=CC1NCCO. The number of Topliss-reactive ketones (excluding diaryl/α,β-unsaturated/α-hetero) is 1. The lowest BCUT2D eigenvalue weighted by atomic mass is 9.79. The first-order valence-electron chi connectivity index (χ1n) is 7.36. The van der Waals surface area contributed by atoms with Crippen molar-refractivity contribution in [2.24, 2.45) is 5.73 Å². The van der Waals surface area contributed by atoms with E-state index < -0.39 is 28.4 Å². The molecule has 128 valence electrons. The van der Waals surface area contributed by atoms with Crippen LogP contribution in [0.3, 0.4) is 0 Å². The fourth-order valence-corrected chi connectivity index (χ4v) is 2.56. The smallest absolute Gasteiger partial charge is 0.267 e. The molecule has 3 atom stereocenters. The molecule has 0 bridgehead atoms. The van der Waals surface area contributed by atoms with Crippen LogP contribution in [0.15, 0.2) is 54.3 Å². The number of nitrogens with zero attached hydrogens (tertiary/aromatic N) is 1. The summed E-state index contributed by atoms with van der Waals surface area (Å²) in [6.45, 7) is -0.0496. The third-order valence-electron chi connectivity index (χ3n) is 3.84. The van der Waals surface area contributed by atoms with Crippen LogP contribution in [-0.4, -0.2) is 45.7 Å². The van der Waals surface area contributed by atoms with Gasteiger partial charge >= 0.3 is 0 Å². The van der Waals surface area contributed by atoms with Gasteiger partial charge in [-0.25, -0.2) is 0 Å². The first-order valence-corrected chi connectivity index (χ1v) is 7.36. The standard InChI is InChI=1S/C16H19N3O5/c17-16(15(22)14(21)11-4-2-1-3-5-11)10-12(19(23)24)6-7-13(16)18-8-9-20/h1-7,10,13-14,18,20-21H,8-9,17H2. The number of benzene rings is 1. The third-order valence-corrected chi connectivity index (χ3v) is 3.84. The number of aliphatic hydroxyl groups is 2. The lowest BCUT2D eigenvalue weighted by molar-refractivity contribution is -0.419. The van der Waals surface area contributed by atoms with E-state index in [-0.39, 0.29) is 18.8 Å². The molecule has 0 saturated carbocycles. The maximum absolute atomic E-state index is 12.8. The molecular formula is C16H19N3O5. The van der Waals surface area contributed by atoms with E-state index in [4.69, 9.17) is 10.8 Å². The summed E-state index contributed by atoms with van der Waals surface area (Å²) in [5.74, 6) is -0.771. The van der Waals surface area contributed by atoms with Crippen LogP contribution in [0.1, 0.15) is 11.7 Å². The Morgan fingerprint density at radius 3 is 2.67 bits per heavy atom. The Balaban J connectivity index is 2.37. The molecule has 0 fully saturated rings. The Labute approximate surface area is 138 Å². The number of ketones is 1. The number of nitro groups is 1. The molecule has 24 heavy (non-hydrogen) atoms. The Morgan fingerprint density at radius 1 is 1.42 bits per heavy atom. The van der Waals surface area contributed by atoms with E-state index in [1.165, 1.54) is 12.2 Å². The Bertz CT molecular complexity index is 674. The fourth-order valence-electron chi connectivity index (χ4n) is 2.56. The molecular weight excluding hydrogens is 314 g/mol. The number of carbonyl (C=O) groups is 1. The molecule has 0 aliphatic heterocycles. The number of hydrogen-bond acceptors (Lipinski definition) is 7. The summed E-state index contributed by atoms with van der Waals surface area (Å²) in [6, 6.07) is 7.40. The minimum atomic E-state index is -1.82. The van der Waals surface area contributed by atoms with Crippen LogP contribution < -0.4 is 11.1 Å². The number of allylic oxidation sites excluding steroid dienone is 1. The van der Waals surface area contributed by atoms with Gasteiger partial charge in [-0.15, -0.1) is 0 Å². The number of nitrogens with one attached hydrogen (secondary N) is 1. The third kappa shape index (κ3) is 3.57. The molecule has 0 amide bonds. The van der Waals surface area contributed by atoms with Gasteiger partial charge in [0.25, 0.3) is 5.70 Å². The summed E-state index contributed by atoms with van der Waals surface area (Å²) in [5.41, 5.74) is 4.37. The van der Waals surface area contributed by atoms with Gasteiger partial charge in [-0.05, 0) is 5.56 Å². The van der Waals surface area contributed by atoms with E-state index in [2.05, 4.69) is 5.32 Å². The zero-order valence-corrected chi connectivity index (χ0v) is 12.8. The summed E-state index contributed by atoms with van der Waals surface area (Å²) < 4.78 is 0. The normalized spacial score (nSPS) is 24.3. The Hall–Kier alpha value is -2.39. The van der Waals surface area contributed by atoms with Crippen molar-refractivity contribution in [1.29, 1.82) is 0 Å². The Morgan fingerprint density at radius 2 is 2.08 bits per heavy atom. The minimum absolute atomic E-state index is 0.143. The predicted molar refractivity (Wildman–Crippen MR) is 86.4 cm³/mol. The zero-order chi connectivity index (χ0) is 17.7. The summed E-state index contributed by atoms with van der Waals surface area (Å²) in [7, 11) is 0. The first-order chi connectivity index (χ1) is 11.4. The average Bonchev–Trinajstić information content (AvgIpc) is 2.60. The molecule has 1 aliphatic rings. The maximum atomic E-state index is 12.8. The largest absolute Gasteiger partial charge is 0.395 e. The predicted octanol–water partition coefficient (Wildman–Crippen LogP) is -0.333. The second-order valence-corrected chi connectivity index (χ2v) is 5.45. The molecule has 0 heterocycles. The van der Waals surface area contributed by atoms with Crippen molar-refractivity contribution in [2.45, 2.75) is 17.7 Å². The highest BCUT2D eigenvalue weighted by atomic mass is 16.6. The molecule has 5 N–H and O–H groups in total. The molecule has 8 nitrogen and oxygen atoms in total. The van der Waals surface area contributed by atoms with Gasteiger partial charge in [-0.2, -0.15) is 0 Å². The van der Waals surface area contributed by atoms with Crippen molar-refractivity contribution in [1.82, 2.24) is 5.32 Å². The minimum Gasteiger partial charge on any atom is -0.395 e. The maximum Gasteiger partial charge on any atom is 0.267 e. The summed E-state index contributed by atoms with van der Waals surface area (Å²) in [6.07, 6.45) is 2.15. The van der Waals surface area contributed by atoms with Crippen molar-refractivity contribution < 1.29 is 19.9 Å². The second kappa shape index (κ2) is 7.45. The highest BCUT2D eigenvalue weighted by molar-refractivity contribution is 5.96. The van der Waals surface area contributed by atoms with Gasteiger partial charge in [0.15, 0.2) is 5.78 Å². The van der Waals surface area contributed by atoms with Crippen molar-refractivity contribution >= 4 is 5.78 Å². The van der Waals surface area contributed by atoms with E-state index >= 15 is 0 Å². The van der Waals surface area contributed by atoms with E-state index in [9.17, 15) is 20.0 Å². The van der Waals surface area contributed by atoms with E-state index in [1.807, 2.05) is 0 Å². The van der Waals surface area contributed by atoms with Gasteiger partial charge < -0.3 is 21.3 Å². The van der Waals surface area contributed by atoms with Gasteiger partial charge in [0.1, 0.15) is 11.6 Å². The average molecular weight is 333 g/mol. The van der Waals surface area contributed by atoms with Crippen LogP contribution in [0.25, 0.3) is 0 Å². The van der Waals surface area contributed by atoms with Crippen LogP contribution >= 0.6 is 0 Å². The molecule has 1 aliphatic carbocycles. The molecule has 8 heteroatoms. The topological polar surface area (TPSA) is 139 Å². The van der Waals surface area contributed by atoms with Crippen LogP contribution in [-0.2, 0) is 4.79 Å². The number of aliphatic hydroxyl groups excluding tert-OH is 2. The Kier molecular flexibility index (Phi) is 5.58. The number of nitrogens with two attached hydrogens (primary N) is 1. The van der Waals surface area contributed by atoms with Gasteiger partial charge in [0, 0.05) is 18.7 Å². The fraction of sp³-hybridized carbons (Fsp3) is 0.312. The molecule has 1 aromatic carbocycles. The first kappa shape index (κ1) is 18.0. The van der Waals surface area contributed by atoms with E-state index in [1.54, 1.807) is 30.3 Å². The van der Waals surface area contributed by atoms with E-state index in [0.717, 1.165) is 6.08 Å². The quantitative estimate of drug-likeness (QED) is 0.396. The highest BCUT2D eigenvalue weighted by Gasteiger charge is 2.45. The molecule has 0 spiro atoms. The van der Waals surface area contributed by atoms with Crippen LogP contribution in [0.4, 0.5) is 0 Å². The van der Waals surface area contributed by atoms with Crippen LogP contribution in [0.5, 0.6) is 0 Å². The summed E-state index contributed by atoms with van der Waals surface area (Å²) >= 11 is 0. The van der Waals surface area contributed by atoms with Gasteiger partial charge in [-0.1, -0.05) is 36.4 Å². The molecule has 1 aromatic rings. The van der Waals surface area contributed by atoms with Crippen molar-refractivity contribution in [3.05, 3.63) is 69.9 Å². The highest BCUT2D eigenvalue weighted by Crippen LogP contribution is 2.27. The lowest BCUT2D eigenvalue weighted by Gasteiger charge is -2.35. The van der Waals surface area contributed by atoms with Gasteiger partial charge in [0.2, 0.25) is 0 Å². The van der Waals surface area contributed by atoms with Crippen LogP contribution in [0, 0.1) is 10.1 Å². The molecule has 0 aromatic heterocycles. The molecule has 3 unspecified atom stereocenters. The van der Waals surface area contributed by atoms with Crippen molar-refractivity contribution in [3.8, 4) is 0 Å². The number of hydrogen-bond donors (Lipinski definition) is 4. The molecule has 0 radical (unpaired) electrons. The van der Waals surface area contributed by atoms with Crippen LogP contribution in [0.2, 0.25) is 0 Å². The van der Waals surface area contributed by atoms with E-state index in [0.29, 0.717) is 5.56 Å². The zero-order valence-electron chi connectivity index (χ0n) is 12.8. The molecule has 2 rings (SSSR count). The summed E-state index contributed by atoms with van der Waals surface area (Å²) in [4.78, 5) is 23.2. The van der Waals surface area contributed by atoms with Crippen molar-refractivity contribution in [3.63, 3.8) is 0 Å². The van der Waals surface area contributed by atoms with Crippen molar-refractivity contribution in [2.75, 3.05) is 13.2 Å². The lowest BCUT2D eigenvalue weighted by Crippen LogP contribution is -2.63. The van der Waals surface area contributed by atoms with Gasteiger partial charge in [0.05, 0.1) is 17.6 Å². The number of carbonyl (C=O) groups excluding carboxylic acids is 1. The second-order valence-electron chi connectivity index (χ2n) is 5.45. The monoisotopic (exact) mass is 333 g/mol. The van der Waals surface area contributed by atoms with Gasteiger partial charge in [-0.3, -0.25) is 14.9 Å². The number of rotatable bonds is 7.